The van der Waals surface area contributed by atoms with Crippen molar-refractivity contribution in [2.75, 3.05) is 11.9 Å². The number of aromatic nitrogens is 1. The summed E-state index contributed by atoms with van der Waals surface area (Å²) in [5.41, 5.74) is 3.09. The molecule has 26 heavy (non-hydrogen) atoms. The summed E-state index contributed by atoms with van der Waals surface area (Å²) in [6.07, 6.45) is 2.64. The first kappa shape index (κ1) is 18.2. The lowest BCUT2D eigenvalue weighted by atomic mass is 10.0. The third kappa shape index (κ3) is 3.66. The Morgan fingerprint density at radius 2 is 2.08 bits per heavy atom. The fraction of sp³-hybridized carbons (Fsp3) is 0.429. The van der Waals surface area contributed by atoms with Crippen molar-refractivity contribution in [1.82, 2.24) is 4.57 Å². The van der Waals surface area contributed by atoms with Gasteiger partial charge in [-0.05, 0) is 49.8 Å². The molecule has 1 aromatic carbocycles. The van der Waals surface area contributed by atoms with Crippen molar-refractivity contribution in [3.63, 3.8) is 0 Å². The number of carbonyl (C=O) groups is 1. The number of carbonyl (C=O) groups excluding carboxylic acids is 1. The molecule has 138 valence electrons. The Hall–Kier alpha value is -2.56. The minimum absolute atomic E-state index is 0.0958. The quantitative estimate of drug-likeness (QED) is 0.884. The predicted octanol–water partition coefficient (Wildman–Crippen LogP) is 3.96. The van der Waals surface area contributed by atoms with E-state index in [0.29, 0.717) is 36.8 Å². The van der Waals surface area contributed by atoms with E-state index in [1.54, 1.807) is 4.57 Å². The highest BCUT2D eigenvalue weighted by Gasteiger charge is 2.24. The van der Waals surface area contributed by atoms with Crippen molar-refractivity contribution in [3.8, 4) is 5.75 Å². The van der Waals surface area contributed by atoms with E-state index in [1.807, 2.05) is 25.1 Å². The van der Waals surface area contributed by atoms with Crippen LogP contribution in [0.5, 0.6) is 5.75 Å². The van der Waals surface area contributed by atoms with Crippen molar-refractivity contribution in [2.24, 2.45) is 0 Å². The van der Waals surface area contributed by atoms with E-state index in [9.17, 15) is 9.59 Å². The molecule has 0 aliphatic carbocycles. The summed E-state index contributed by atoms with van der Waals surface area (Å²) < 4.78 is 7.34. The van der Waals surface area contributed by atoms with Crippen molar-refractivity contribution in [3.05, 3.63) is 57.5 Å². The number of nitrogens with zero attached hydrogens (tertiary/aromatic N) is 1. The number of anilines is 1. The van der Waals surface area contributed by atoms with Crippen LogP contribution in [0.2, 0.25) is 0 Å². The summed E-state index contributed by atoms with van der Waals surface area (Å²) in [5, 5.41) is 2.99. The molecule has 0 radical (unpaired) electrons. The standard InChI is InChI=1S/C21H26N2O3/c1-4-26-18-13-19(24)23-11-6-5-10-17(23)20(18)21(25)22-16-9-7-8-15(12-16)14(2)3/h7-9,12-14H,4-6,10-11H2,1-3H3,(H,22,25). The minimum Gasteiger partial charge on any atom is -0.493 e. The van der Waals surface area contributed by atoms with Crippen LogP contribution in [0.15, 0.2) is 35.1 Å². The van der Waals surface area contributed by atoms with Crippen molar-refractivity contribution >= 4 is 11.6 Å². The molecular formula is C21H26N2O3. The smallest absolute Gasteiger partial charge is 0.261 e. The molecule has 1 N–H and O–H groups in total. The third-order valence-electron chi connectivity index (χ3n) is 4.76. The molecule has 0 spiro atoms. The molecule has 1 amide bonds. The molecule has 1 aromatic heterocycles. The van der Waals surface area contributed by atoms with Gasteiger partial charge in [-0.3, -0.25) is 9.59 Å². The van der Waals surface area contributed by atoms with Gasteiger partial charge in [0, 0.05) is 24.0 Å². The van der Waals surface area contributed by atoms with Crippen molar-refractivity contribution in [2.45, 2.75) is 52.5 Å². The normalized spacial score (nSPS) is 13.4. The molecule has 0 saturated heterocycles. The second-order valence-corrected chi connectivity index (χ2v) is 6.94. The lowest BCUT2D eigenvalue weighted by Crippen LogP contribution is -2.31. The molecule has 1 aliphatic heterocycles. The Balaban J connectivity index is 2.00. The minimum atomic E-state index is -0.222. The molecular weight excluding hydrogens is 328 g/mol. The number of nitrogens with one attached hydrogen (secondary N) is 1. The summed E-state index contributed by atoms with van der Waals surface area (Å²) >= 11 is 0. The lowest BCUT2D eigenvalue weighted by molar-refractivity contribution is 0.102. The number of fused-ring (bicyclic) bond motifs is 1. The summed E-state index contributed by atoms with van der Waals surface area (Å²) in [5.74, 6) is 0.539. The summed E-state index contributed by atoms with van der Waals surface area (Å²) in [6.45, 7) is 7.16. The fourth-order valence-electron chi connectivity index (χ4n) is 3.42. The summed E-state index contributed by atoms with van der Waals surface area (Å²) in [6, 6.07) is 9.31. The molecule has 1 aliphatic rings. The van der Waals surface area contributed by atoms with Crippen LogP contribution in [0.1, 0.15) is 61.1 Å². The van der Waals surface area contributed by atoms with Crippen LogP contribution in [0, 0.1) is 0 Å². The molecule has 2 heterocycles. The number of hydrogen-bond donors (Lipinski definition) is 1. The van der Waals surface area contributed by atoms with E-state index < -0.39 is 0 Å². The van der Waals surface area contributed by atoms with E-state index in [4.69, 9.17) is 4.74 Å². The topological polar surface area (TPSA) is 60.3 Å². The van der Waals surface area contributed by atoms with Gasteiger partial charge in [-0.1, -0.05) is 26.0 Å². The van der Waals surface area contributed by atoms with Crippen LogP contribution in [0.25, 0.3) is 0 Å². The lowest BCUT2D eigenvalue weighted by Gasteiger charge is -2.23. The number of rotatable bonds is 5. The maximum Gasteiger partial charge on any atom is 0.261 e. The van der Waals surface area contributed by atoms with E-state index in [1.165, 1.54) is 11.6 Å². The van der Waals surface area contributed by atoms with Crippen LogP contribution in [-0.2, 0) is 13.0 Å². The summed E-state index contributed by atoms with van der Waals surface area (Å²) in [4.78, 5) is 25.4. The third-order valence-corrected chi connectivity index (χ3v) is 4.76. The monoisotopic (exact) mass is 354 g/mol. The average Bonchev–Trinajstić information content (AvgIpc) is 2.62. The highest BCUT2D eigenvalue weighted by molar-refractivity contribution is 6.07. The first-order chi connectivity index (χ1) is 12.5. The second-order valence-electron chi connectivity index (χ2n) is 6.94. The van der Waals surface area contributed by atoms with Gasteiger partial charge in [0.15, 0.2) is 0 Å². The van der Waals surface area contributed by atoms with Gasteiger partial charge in [0.25, 0.3) is 11.5 Å². The Kier molecular flexibility index (Phi) is 5.45. The van der Waals surface area contributed by atoms with Gasteiger partial charge < -0.3 is 14.6 Å². The molecule has 3 rings (SSSR count). The van der Waals surface area contributed by atoms with E-state index in [-0.39, 0.29) is 11.5 Å². The zero-order valence-corrected chi connectivity index (χ0v) is 15.7. The SMILES string of the molecule is CCOc1cc(=O)n2c(c1C(=O)Nc1cccc(C(C)C)c1)CCCC2. The Labute approximate surface area is 154 Å². The molecule has 0 unspecified atom stereocenters. The summed E-state index contributed by atoms with van der Waals surface area (Å²) in [7, 11) is 0. The van der Waals surface area contributed by atoms with Crippen molar-refractivity contribution < 1.29 is 9.53 Å². The second kappa shape index (κ2) is 7.77. The van der Waals surface area contributed by atoms with Gasteiger partial charge in [0.1, 0.15) is 11.3 Å². The zero-order valence-electron chi connectivity index (χ0n) is 15.7. The first-order valence-corrected chi connectivity index (χ1v) is 9.32. The predicted molar refractivity (Wildman–Crippen MR) is 103 cm³/mol. The molecule has 0 fully saturated rings. The van der Waals surface area contributed by atoms with Gasteiger partial charge in [-0.2, -0.15) is 0 Å². The van der Waals surface area contributed by atoms with Crippen molar-refractivity contribution in [1.29, 1.82) is 0 Å². The fourth-order valence-corrected chi connectivity index (χ4v) is 3.42. The van der Waals surface area contributed by atoms with Gasteiger partial charge in [-0.15, -0.1) is 0 Å². The number of ether oxygens (including phenoxy) is 1. The number of amides is 1. The highest BCUT2D eigenvalue weighted by atomic mass is 16.5. The largest absolute Gasteiger partial charge is 0.493 e. The van der Waals surface area contributed by atoms with Crippen LogP contribution in [-0.4, -0.2) is 17.1 Å². The van der Waals surface area contributed by atoms with Gasteiger partial charge in [0.05, 0.1) is 6.61 Å². The molecule has 0 saturated carbocycles. The average molecular weight is 354 g/mol. The van der Waals surface area contributed by atoms with E-state index >= 15 is 0 Å². The Morgan fingerprint density at radius 1 is 1.27 bits per heavy atom. The maximum atomic E-state index is 13.1. The van der Waals surface area contributed by atoms with E-state index in [0.717, 1.165) is 24.2 Å². The highest BCUT2D eigenvalue weighted by Crippen LogP contribution is 2.27. The van der Waals surface area contributed by atoms with Crippen LogP contribution in [0.4, 0.5) is 5.69 Å². The number of hydrogen-bond acceptors (Lipinski definition) is 3. The van der Waals surface area contributed by atoms with Gasteiger partial charge >= 0.3 is 0 Å². The Morgan fingerprint density at radius 3 is 2.81 bits per heavy atom. The van der Waals surface area contributed by atoms with E-state index in [2.05, 4.69) is 25.2 Å². The molecule has 0 bridgehead atoms. The molecule has 2 aromatic rings. The maximum absolute atomic E-state index is 13.1. The molecule has 0 atom stereocenters. The first-order valence-electron chi connectivity index (χ1n) is 9.32. The van der Waals surface area contributed by atoms with Crippen LogP contribution in [0.3, 0.4) is 0 Å². The molecule has 5 nitrogen and oxygen atoms in total. The van der Waals surface area contributed by atoms with Crippen LogP contribution < -0.4 is 15.6 Å². The zero-order chi connectivity index (χ0) is 18.7. The molecule has 5 heteroatoms. The Bertz CT molecular complexity index is 868. The number of pyridine rings is 1. The number of benzene rings is 1. The van der Waals surface area contributed by atoms with Gasteiger partial charge in [0.2, 0.25) is 0 Å². The van der Waals surface area contributed by atoms with Crippen LogP contribution >= 0.6 is 0 Å². The van der Waals surface area contributed by atoms with Gasteiger partial charge in [-0.25, -0.2) is 0 Å².